The zero-order valence-corrected chi connectivity index (χ0v) is 16.5. The Labute approximate surface area is 159 Å². The van der Waals surface area contributed by atoms with Gasteiger partial charge in [0.15, 0.2) is 5.11 Å². The van der Waals surface area contributed by atoms with Crippen LogP contribution in [0, 0.1) is 5.82 Å². The van der Waals surface area contributed by atoms with E-state index in [1.807, 2.05) is 32.7 Å². The Balaban J connectivity index is 1.97. The molecule has 26 heavy (non-hydrogen) atoms. The average molecular weight is 383 g/mol. The molecule has 6 nitrogen and oxygen atoms in total. The molecule has 0 bridgehead atoms. The number of piperidine rings is 1. The Morgan fingerprint density at radius 2 is 2.00 bits per heavy atom. The summed E-state index contributed by atoms with van der Waals surface area (Å²) in [5.74, 6) is -0.344. The van der Waals surface area contributed by atoms with E-state index in [1.165, 1.54) is 6.07 Å². The molecule has 0 aliphatic carbocycles. The van der Waals surface area contributed by atoms with Crippen molar-refractivity contribution < 1.29 is 13.9 Å². The van der Waals surface area contributed by atoms with Crippen LogP contribution in [0.5, 0.6) is 0 Å². The molecule has 144 valence electrons. The number of amides is 1. The highest BCUT2D eigenvalue weighted by Crippen LogP contribution is 2.27. The van der Waals surface area contributed by atoms with Crippen molar-refractivity contribution in [3.63, 3.8) is 0 Å². The second kappa shape index (κ2) is 8.07. The van der Waals surface area contributed by atoms with Crippen LogP contribution < -0.4 is 16.0 Å². The normalized spacial score (nSPS) is 15.5. The van der Waals surface area contributed by atoms with Crippen molar-refractivity contribution in [3.05, 3.63) is 24.0 Å². The standard InChI is InChI=1S/C18H27FN4O2S/c1-18(2,3)25-17(24)23-9-7-13(8-10-23)22(4)15-6-5-12(11-14(15)19)21-16(20)26/h5-6,11,13H,7-10H2,1-4H3,(H3,20,21,26). The van der Waals surface area contributed by atoms with Crippen LogP contribution in [-0.2, 0) is 4.74 Å². The average Bonchev–Trinajstić information content (AvgIpc) is 2.52. The number of likely N-dealkylation sites (tertiary alicyclic amines) is 1. The zero-order valence-electron chi connectivity index (χ0n) is 15.7. The molecule has 1 aliphatic heterocycles. The molecule has 1 saturated heterocycles. The van der Waals surface area contributed by atoms with Crippen LogP contribution in [0.1, 0.15) is 33.6 Å². The van der Waals surface area contributed by atoms with Gasteiger partial charge in [-0.15, -0.1) is 0 Å². The molecule has 3 N–H and O–H groups in total. The van der Waals surface area contributed by atoms with Crippen LogP contribution in [-0.4, -0.2) is 47.9 Å². The van der Waals surface area contributed by atoms with Gasteiger partial charge < -0.3 is 25.6 Å². The van der Waals surface area contributed by atoms with Gasteiger partial charge in [-0.2, -0.15) is 0 Å². The summed E-state index contributed by atoms with van der Waals surface area (Å²) in [5.41, 5.74) is 5.93. The zero-order chi connectivity index (χ0) is 19.5. The molecule has 1 aliphatic rings. The third-order valence-corrected chi connectivity index (χ3v) is 4.36. The van der Waals surface area contributed by atoms with E-state index in [4.69, 9.17) is 22.7 Å². The summed E-state index contributed by atoms with van der Waals surface area (Å²) < 4.78 is 19.9. The minimum Gasteiger partial charge on any atom is -0.444 e. The molecule has 0 saturated carbocycles. The third kappa shape index (κ3) is 5.45. The highest BCUT2D eigenvalue weighted by Gasteiger charge is 2.29. The molecule has 1 heterocycles. The van der Waals surface area contributed by atoms with Crippen molar-refractivity contribution in [2.45, 2.75) is 45.3 Å². The summed E-state index contributed by atoms with van der Waals surface area (Å²) in [6.07, 6.45) is 1.21. The van der Waals surface area contributed by atoms with Crippen LogP contribution in [0.25, 0.3) is 0 Å². The van der Waals surface area contributed by atoms with Gasteiger partial charge in [-0.3, -0.25) is 0 Å². The first-order valence-electron chi connectivity index (χ1n) is 8.63. The number of thiocarbonyl (C=S) groups is 1. The molecule has 0 unspecified atom stereocenters. The molecule has 2 rings (SSSR count). The number of hydrogen-bond acceptors (Lipinski definition) is 4. The fourth-order valence-corrected chi connectivity index (χ4v) is 3.09. The third-order valence-electron chi connectivity index (χ3n) is 4.26. The number of nitrogens with one attached hydrogen (secondary N) is 1. The quantitative estimate of drug-likeness (QED) is 0.782. The van der Waals surface area contributed by atoms with Crippen molar-refractivity contribution in [1.29, 1.82) is 0 Å². The molecule has 1 aromatic rings. The number of ether oxygens (including phenoxy) is 1. The molecule has 0 radical (unpaired) electrons. The topological polar surface area (TPSA) is 70.8 Å². The van der Waals surface area contributed by atoms with E-state index in [0.717, 1.165) is 12.8 Å². The minimum atomic E-state index is -0.504. The first-order chi connectivity index (χ1) is 12.1. The highest BCUT2D eigenvalue weighted by atomic mass is 32.1. The van der Waals surface area contributed by atoms with Crippen molar-refractivity contribution in [2.24, 2.45) is 5.73 Å². The van der Waals surface area contributed by atoms with E-state index in [9.17, 15) is 9.18 Å². The molecule has 0 atom stereocenters. The van der Waals surface area contributed by atoms with Crippen molar-refractivity contribution >= 4 is 34.8 Å². The van der Waals surface area contributed by atoms with Gasteiger partial charge in [0.05, 0.1) is 5.69 Å². The number of carbonyl (C=O) groups excluding carboxylic acids is 1. The first kappa shape index (κ1) is 20.2. The van der Waals surface area contributed by atoms with Crippen LogP contribution >= 0.6 is 12.2 Å². The molecule has 0 aromatic heterocycles. The van der Waals surface area contributed by atoms with Crippen molar-refractivity contribution in [1.82, 2.24) is 4.90 Å². The maximum Gasteiger partial charge on any atom is 0.410 e. The Morgan fingerprint density at radius 3 is 2.50 bits per heavy atom. The Morgan fingerprint density at radius 1 is 1.38 bits per heavy atom. The number of benzene rings is 1. The monoisotopic (exact) mass is 382 g/mol. The van der Waals surface area contributed by atoms with Gasteiger partial charge in [0.1, 0.15) is 11.4 Å². The van der Waals surface area contributed by atoms with Gasteiger partial charge in [-0.1, -0.05) is 0 Å². The number of nitrogens with zero attached hydrogens (tertiary/aromatic N) is 2. The Kier molecular flexibility index (Phi) is 6.28. The van der Waals surface area contributed by atoms with Gasteiger partial charge in [0.25, 0.3) is 0 Å². The lowest BCUT2D eigenvalue weighted by Crippen LogP contribution is -2.47. The number of halogens is 1. The lowest BCUT2D eigenvalue weighted by molar-refractivity contribution is 0.0205. The van der Waals surface area contributed by atoms with Crippen molar-refractivity contribution in [2.75, 3.05) is 30.4 Å². The smallest absolute Gasteiger partial charge is 0.410 e. The summed E-state index contributed by atoms with van der Waals surface area (Å²) >= 11 is 4.76. The number of carbonyl (C=O) groups is 1. The van der Waals surface area contributed by atoms with Crippen LogP contribution in [0.2, 0.25) is 0 Å². The fourth-order valence-electron chi connectivity index (χ4n) is 2.97. The van der Waals surface area contributed by atoms with Crippen molar-refractivity contribution in [3.8, 4) is 0 Å². The van der Waals surface area contributed by atoms with Crippen LogP contribution in [0.15, 0.2) is 18.2 Å². The molecule has 8 heteroatoms. The second-order valence-corrected chi connectivity index (χ2v) is 7.90. The van der Waals surface area contributed by atoms with E-state index in [-0.39, 0.29) is 23.1 Å². The summed E-state index contributed by atoms with van der Waals surface area (Å²) in [4.78, 5) is 15.8. The van der Waals surface area contributed by atoms with E-state index >= 15 is 0 Å². The minimum absolute atomic E-state index is 0.0972. The molecular formula is C18H27FN4O2S. The van der Waals surface area contributed by atoms with Gasteiger partial charge in [-0.25, -0.2) is 9.18 Å². The predicted molar refractivity (Wildman–Crippen MR) is 106 cm³/mol. The Bertz CT molecular complexity index is 670. The number of anilines is 2. The molecule has 1 fully saturated rings. The van der Waals surface area contributed by atoms with Crippen LogP contribution in [0.4, 0.5) is 20.6 Å². The van der Waals surface area contributed by atoms with Crippen LogP contribution in [0.3, 0.4) is 0 Å². The Hall–Kier alpha value is -2.09. The fraction of sp³-hybridized carbons (Fsp3) is 0.556. The maximum absolute atomic E-state index is 14.4. The SMILES string of the molecule is CN(c1ccc(NC(N)=S)cc1F)C1CCN(C(=O)OC(C)(C)C)CC1. The lowest BCUT2D eigenvalue weighted by atomic mass is 10.0. The van der Waals surface area contributed by atoms with E-state index in [1.54, 1.807) is 17.0 Å². The number of rotatable bonds is 3. The van der Waals surface area contributed by atoms with E-state index in [2.05, 4.69) is 5.32 Å². The summed E-state index contributed by atoms with van der Waals surface area (Å²) in [6, 6.07) is 4.97. The van der Waals surface area contributed by atoms with E-state index in [0.29, 0.717) is 24.5 Å². The highest BCUT2D eigenvalue weighted by molar-refractivity contribution is 7.80. The maximum atomic E-state index is 14.4. The number of nitrogens with two attached hydrogens (primary N) is 1. The molecule has 1 aromatic carbocycles. The largest absolute Gasteiger partial charge is 0.444 e. The summed E-state index contributed by atoms with van der Waals surface area (Å²) in [7, 11) is 1.87. The predicted octanol–water partition coefficient (Wildman–Crippen LogP) is 3.32. The summed E-state index contributed by atoms with van der Waals surface area (Å²) in [6.45, 7) is 6.73. The van der Waals surface area contributed by atoms with Gasteiger partial charge in [0, 0.05) is 31.9 Å². The molecule has 0 spiro atoms. The van der Waals surface area contributed by atoms with E-state index < -0.39 is 5.60 Å². The molecular weight excluding hydrogens is 355 g/mol. The second-order valence-electron chi connectivity index (χ2n) is 7.46. The first-order valence-corrected chi connectivity index (χ1v) is 9.04. The van der Waals surface area contributed by atoms with Gasteiger partial charge >= 0.3 is 6.09 Å². The van der Waals surface area contributed by atoms with Gasteiger partial charge in [0.2, 0.25) is 0 Å². The summed E-state index contributed by atoms with van der Waals surface area (Å²) in [5, 5.41) is 2.82. The number of hydrogen-bond donors (Lipinski definition) is 2. The lowest BCUT2D eigenvalue weighted by Gasteiger charge is -2.38. The van der Waals surface area contributed by atoms with Gasteiger partial charge in [-0.05, 0) is 64.0 Å². The molecule has 1 amide bonds.